The van der Waals surface area contributed by atoms with Crippen LogP contribution < -0.4 is 10.2 Å². The molecule has 0 bridgehead atoms. The molecule has 7 heteroatoms. The van der Waals surface area contributed by atoms with Crippen molar-refractivity contribution in [1.82, 2.24) is 15.5 Å². The van der Waals surface area contributed by atoms with Gasteiger partial charge < -0.3 is 10.2 Å². The molecule has 1 aromatic heterocycles. The van der Waals surface area contributed by atoms with E-state index >= 15 is 0 Å². The molecular weight excluding hydrogens is 345 g/mol. The number of nitrogens with one attached hydrogen (secondary N) is 1. The first-order valence-corrected chi connectivity index (χ1v) is 8.68. The lowest BCUT2D eigenvalue weighted by molar-refractivity contribution is -0.121. The maximum Gasteiger partial charge on any atom is 0.224 e. The standard InChI is InChI=1S/C20H20FN5O/c1-13(2)14-3-4-15(18(21)9-14)10-20(27)23-17-7-8-26(12-17)19-6-5-16(11-22)24-25-19/h3-6,9,17H,1,7-8,10,12H2,2H3,(H,23,27)/t17-/m0/s1. The van der Waals surface area contributed by atoms with Crippen LogP contribution in [0.15, 0.2) is 36.9 Å². The highest BCUT2D eigenvalue weighted by Crippen LogP contribution is 2.19. The molecule has 1 aliphatic heterocycles. The molecule has 1 fully saturated rings. The zero-order valence-electron chi connectivity index (χ0n) is 15.1. The quantitative estimate of drug-likeness (QED) is 0.880. The summed E-state index contributed by atoms with van der Waals surface area (Å²) in [4.78, 5) is 14.3. The van der Waals surface area contributed by atoms with Gasteiger partial charge in [0.05, 0.1) is 6.42 Å². The Labute approximate surface area is 157 Å². The number of amides is 1. The monoisotopic (exact) mass is 365 g/mol. The molecule has 0 radical (unpaired) electrons. The van der Waals surface area contributed by atoms with E-state index in [4.69, 9.17) is 5.26 Å². The highest BCUT2D eigenvalue weighted by Gasteiger charge is 2.25. The molecule has 138 valence electrons. The Hall–Kier alpha value is -3.27. The van der Waals surface area contributed by atoms with Crippen LogP contribution in [0.4, 0.5) is 10.2 Å². The first-order valence-electron chi connectivity index (χ1n) is 8.68. The Kier molecular flexibility index (Phi) is 5.46. The lowest BCUT2D eigenvalue weighted by Crippen LogP contribution is -2.38. The number of allylic oxidation sites excluding steroid dienone is 1. The van der Waals surface area contributed by atoms with Crippen molar-refractivity contribution in [2.75, 3.05) is 18.0 Å². The number of anilines is 1. The SMILES string of the molecule is C=C(C)c1ccc(CC(=O)N[C@H]2CCN(c3ccc(C#N)nn3)C2)c(F)c1. The number of carbonyl (C=O) groups is 1. The third-order valence-corrected chi connectivity index (χ3v) is 4.54. The number of nitriles is 1. The van der Waals surface area contributed by atoms with E-state index in [0.29, 0.717) is 17.9 Å². The molecular formula is C20H20FN5O. The molecule has 1 atom stereocenters. The lowest BCUT2D eigenvalue weighted by Gasteiger charge is -2.17. The maximum absolute atomic E-state index is 14.2. The number of benzene rings is 1. The smallest absolute Gasteiger partial charge is 0.224 e. The largest absolute Gasteiger partial charge is 0.353 e. The van der Waals surface area contributed by atoms with Crippen molar-refractivity contribution in [3.8, 4) is 6.07 Å². The summed E-state index contributed by atoms with van der Waals surface area (Å²) in [7, 11) is 0. The first-order chi connectivity index (χ1) is 13.0. The van der Waals surface area contributed by atoms with Crippen LogP contribution in [0.3, 0.4) is 0 Å². The maximum atomic E-state index is 14.2. The second kappa shape index (κ2) is 7.96. The molecule has 1 saturated heterocycles. The molecule has 2 heterocycles. The van der Waals surface area contributed by atoms with Gasteiger partial charge in [0.15, 0.2) is 11.5 Å². The zero-order chi connectivity index (χ0) is 19.4. The summed E-state index contributed by atoms with van der Waals surface area (Å²) in [5.74, 6) is 0.0634. The second-order valence-corrected chi connectivity index (χ2v) is 6.65. The second-order valence-electron chi connectivity index (χ2n) is 6.65. The summed E-state index contributed by atoms with van der Waals surface area (Å²) in [5, 5.41) is 19.6. The lowest BCUT2D eigenvalue weighted by atomic mass is 10.0. The molecule has 0 saturated carbocycles. The van der Waals surface area contributed by atoms with Crippen LogP contribution in [-0.2, 0) is 11.2 Å². The highest BCUT2D eigenvalue weighted by atomic mass is 19.1. The van der Waals surface area contributed by atoms with Crippen molar-refractivity contribution in [3.05, 3.63) is 59.5 Å². The van der Waals surface area contributed by atoms with E-state index in [0.717, 1.165) is 24.1 Å². The van der Waals surface area contributed by atoms with Crippen LogP contribution in [0.25, 0.3) is 5.57 Å². The van der Waals surface area contributed by atoms with E-state index in [2.05, 4.69) is 22.1 Å². The molecule has 2 aromatic rings. The van der Waals surface area contributed by atoms with Gasteiger partial charge in [0, 0.05) is 19.1 Å². The van der Waals surface area contributed by atoms with E-state index in [1.54, 1.807) is 24.3 Å². The predicted octanol–water partition coefficient (Wildman–Crippen LogP) is 2.46. The summed E-state index contributed by atoms with van der Waals surface area (Å²) in [6, 6.07) is 10.1. The fourth-order valence-electron chi connectivity index (χ4n) is 3.05. The minimum absolute atomic E-state index is 0.00449. The van der Waals surface area contributed by atoms with Gasteiger partial charge in [-0.05, 0) is 42.7 Å². The fourth-order valence-corrected chi connectivity index (χ4v) is 3.05. The number of nitrogens with zero attached hydrogens (tertiary/aromatic N) is 4. The molecule has 1 aromatic carbocycles. The van der Waals surface area contributed by atoms with Gasteiger partial charge in [0.1, 0.15) is 11.9 Å². The Morgan fingerprint density at radius 1 is 1.41 bits per heavy atom. The predicted molar refractivity (Wildman–Crippen MR) is 100 cm³/mol. The number of carbonyl (C=O) groups excluding carboxylic acids is 1. The minimum Gasteiger partial charge on any atom is -0.353 e. The Morgan fingerprint density at radius 2 is 2.22 bits per heavy atom. The molecule has 1 aliphatic rings. The van der Waals surface area contributed by atoms with Crippen LogP contribution in [-0.4, -0.2) is 35.2 Å². The van der Waals surface area contributed by atoms with E-state index in [-0.39, 0.29) is 24.1 Å². The molecule has 0 unspecified atom stereocenters. The molecule has 3 rings (SSSR count). The van der Waals surface area contributed by atoms with Gasteiger partial charge in [0.2, 0.25) is 5.91 Å². The average Bonchev–Trinajstić information content (AvgIpc) is 3.11. The van der Waals surface area contributed by atoms with Crippen molar-refractivity contribution in [2.45, 2.75) is 25.8 Å². The van der Waals surface area contributed by atoms with Crippen LogP contribution in [0.1, 0.15) is 30.2 Å². The van der Waals surface area contributed by atoms with Crippen LogP contribution in [0.5, 0.6) is 0 Å². The summed E-state index contributed by atoms with van der Waals surface area (Å²) < 4.78 is 14.2. The van der Waals surface area contributed by atoms with E-state index in [9.17, 15) is 9.18 Å². The number of rotatable bonds is 5. The van der Waals surface area contributed by atoms with Crippen LogP contribution in [0.2, 0.25) is 0 Å². The Morgan fingerprint density at radius 3 is 2.85 bits per heavy atom. The molecule has 1 amide bonds. The van der Waals surface area contributed by atoms with Crippen molar-refractivity contribution in [2.24, 2.45) is 0 Å². The number of hydrogen-bond donors (Lipinski definition) is 1. The normalized spacial score (nSPS) is 16.0. The molecule has 0 aliphatic carbocycles. The Bertz CT molecular complexity index is 904. The summed E-state index contributed by atoms with van der Waals surface area (Å²) in [6.45, 7) is 6.93. The first kappa shape index (κ1) is 18.5. The van der Waals surface area contributed by atoms with Crippen molar-refractivity contribution >= 4 is 17.3 Å². The van der Waals surface area contributed by atoms with E-state index < -0.39 is 5.82 Å². The van der Waals surface area contributed by atoms with E-state index in [1.807, 2.05) is 17.9 Å². The van der Waals surface area contributed by atoms with Gasteiger partial charge in [-0.1, -0.05) is 24.3 Å². The number of aromatic nitrogens is 2. The van der Waals surface area contributed by atoms with Crippen LogP contribution >= 0.6 is 0 Å². The molecule has 27 heavy (non-hydrogen) atoms. The van der Waals surface area contributed by atoms with Gasteiger partial charge in [0.25, 0.3) is 0 Å². The van der Waals surface area contributed by atoms with Gasteiger partial charge in [-0.25, -0.2) is 4.39 Å². The molecule has 1 N–H and O–H groups in total. The molecule has 0 spiro atoms. The highest BCUT2D eigenvalue weighted by molar-refractivity contribution is 5.79. The van der Waals surface area contributed by atoms with Crippen LogP contribution in [0, 0.1) is 17.1 Å². The molecule has 6 nitrogen and oxygen atoms in total. The summed E-state index contributed by atoms with van der Waals surface area (Å²) in [5.41, 5.74) is 2.14. The third kappa shape index (κ3) is 4.47. The van der Waals surface area contributed by atoms with Gasteiger partial charge in [-0.3, -0.25) is 4.79 Å². The minimum atomic E-state index is -0.397. The van der Waals surface area contributed by atoms with E-state index in [1.165, 1.54) is 6.07 Å². The van der Waals surface area contributed by atoms with Gasteiger partial charge in [-0.15, -0.1) is 10.2 Å². The Balaban J connectivity index is 1.56. The number of hydrogen-bond acceptors (Lipinski definition) is 5. The summed E-state index contributed by atoms with van der Waals surface area (Å²) >= 11 is 0. The van der Waals surface area contributed by atoms with Crippen molar-refractivity contribution in [3.63, 3.8) is 0 Å². The van der Waals surface area contributed by atoms with Gasteiger partial charge >= 0.3 is 0 Å². The topological polar surface area (TPSA) is 81.9 Å². The van der Waals surface area contributed by atoms with Gasteiger partial charge in [-0.2, -0.15) is 5.26 Å². The fraction of sp³-hybridized carbons (Fsp3) is 0.300. The van der Waals surface area contributed by atoms with Crippen molar-refractivity contribution < 1.29 is 9.18 Å². The van der Waals surface area contributed by atoms with Crippen molar-refractivity contribution in [1.29, 1.82) is 5.26 Å². The average molecular weight is 365 g/mol. The summed E-state index contributed by atoms with van der Waals surface area (Å²) in [6.07, 6.45) is 0.764. The zero-order valence-corrected chi connectivity index (χ0v) is 15.1. The number of halogens is 1. The third-order valence-electron chi connectivity index (χ3n) is 4.54.